The van der Waals surface area contributed by atoms with E-state index in [2.05, 4.69) is 24.8 Å². The molecule has 3 rings (SSSR count). The number of fused-ring (bicyclic) bond motifs is 1. The summed E-state index contributed by atoms with van der Waals surface area (Å²) in [4.78, 5) is 14.7. The second kappa shape index (κ2) is 10.3. The number of benzene rings is 1. The first-order chi connectivity index (χ1) is 14.2. The molecule has 0 unspecified atom stereocenters. The van der Waals surface area contributed by atoms with Crippen LogP contribution in [0.5, 0.6) is 0 Å². The Morgan fingerprint density at radius 2 is 1.70 bits per heavy atom. The van der Waals surface area contributed by atoms with E-state index in [0.29, 0.717) is 17.7 Å². The molecule has 3 aromatic rings. The van der Waals surface area contributed by atoms with Crippen LogP contribution in [0.25, 0.3) is 22.1 Å². The van der Waals surface area contributed by atoms with Gasteiger partial charge in [-0.25, -0.2) is 17.8 Å². The van der Waals surface area contributed by atoms with Crippen LogP contribution in [0.3, 0.4) is 0 Å². The second-order valence-corrected chi connectivity index (χ2v) is 7.17. The Hall–Kier alpha value is -2.79. The van der Waals surface area contributed by atoms with E-state index >= 15 is 0 Å². The Bertz CT molecular complexity index is 1130. The van der Waals surface area contributed by atoms with Gasteiger partial charge in [-0.05, 0) is 32.0 Å². The monoisotopic (exact) mass is 436 g/mol. The van der Waals surface area contributed by atoms with Gasteiger partial charge in [0.2, 0.25) is 10.4 Å². The molecule has 0 atom stereocenters. The van der Waals surface area contributed by atoms with Crippen LogP contribution in [0.1, 0.15) is 13.8 Å². The van der Waals surface area contributed by atoms with Gasteiger partial charge >= 0.3 is 5.63 Å². The van der Waals surface area contributed by atoms with E-state index in [4.69, 9.17) is 27.0 Å². The molecule has 0 radical (unpaired) electrons. The third-order valence-corrected chi connectivity index (χ3v) is 4.41. The molecule has 0 saturated carbocycles. The van der Waals surface area contributed by atoms with Crippen molar-refractivity contribution < 1.29 is 31.6 Å². The molecule has 0 aliphatic heterocycles. The van der Waals surface area contributed by atoms with Crippen molar-refractivity contribution in [3.05, 3.63) is 59.2 Å². The minimum Gasteiger partial charge on any atom is -0.726 e. The van der Waals surface area contributed by atoms with Crippen LogP contribution in [0.15, 0.2) is 58.0 Å². The quantitative estimate of drug-likeness (QED) is 0.257. The van der Waals surface area contributed by atoms with Crippen molar-refractivity contribution in [2.24, 2.45) is 0 Å². The van der Waals surface area contributed by atoms with Crippen LogP contribution in [-0.2, 0) is 16.9 Å². The highest BCUT2D eigenvalue weighted by molar-refractivity contribution is 7.79. The van der Waals surface area contributed by atoms with Crippen LogP contribution in [0.2, 0.25) is 0 Å². The van der Waals surface area contributed by atoms with Gasteiger partial charge in [0, 0.05) is 47.9 Å². The summed E-state index contributed by atoms with van der Waals surface area (Å²) in [6, 6.07) is 11.6. The number of anilines is 1. The number of aliphatic hydroxyl groups is 1. The predicted molar refractivity (Wildman–Crippen MR) is 111 cm³/mol. The molecule has 9 nitrogen and oxygen atoms in total. The van der Waals surface area contributed by atoms with Gasteiger partial charge in [0.1, 0.15) is 12.2 Å². The molecule has 2 N–H and O–H groups in total. The van der Waals surface area contributed by atoms with Gasteiger partial charge in [-0.1, -0.05) is 0 Å². The zero-order valence-corrected chi connectivity index (χ0v) is 17.5. The highest BCUT2D eigenvalue weighted by Crippen LogP contribution is 2.24. The zero-order valence-electron chi connectivity index (χ0n) is 16.7. The molecule has 0 aliphatic carbocycles. The highest BCUT2D eigenvalue weighted by atomic mass is 32.3. The van der Waals surface area contributed by atoms with Crippen LogP contribution < -0.4 is 15.1 Å². The first-order valence-corrected chi connectivity index (χ1v) is 10.6. The van der Waals surface area contributed by atoms with Crippen LogP contribution in [0.4, 0.5) is 5.69 Å². The topological polar surface area (TPSA) is 135 Å². The lowest BCUT2D eigenvalue weighted by Gasteiger charge is -2.21. The molecule has 0 aliphatic rings. The number of hydrogen-bond acceptors (Lipinski definition) is 7. The molecular weight excluding hydrogens is 412 g/mol. The predicted octanol–water partition coefficient (Wildman–Crippen LogP) is 1.59. The van der Waals surface area contributed by atoms with Crippen molar-refractivity contribution in [3.8, 4) is 11.1 Å². The largest absolute Gasteiger partial charge is 0.726 e. The molecule has 0 amide bonds. The van der Waals surface area contributed by atoms with Gasteiger partial charge in [-0.15, -0.1) is 0 Å². The lowest BCUT2D eigenvalue weighted by atomic mass is 10.1. The van der Waals surface area contributed by atoms with Crippen molar-refractivity contribution in [2.45, 2.75) is 20.4 Å². The Morgan fingerprint density at radius 3 is 2.23 bits per heavy atom. The van der Waals surface area contributed by atoms with Crippen LogP contribution in [0, 0.1) is 0 Å². The SMILES string of the molecule is CCN(CC)c1ccc2cc(-c3cc[n+](CCO)cc3)c(=O)oc2c1.O=S(=O)([O-])O. The summed E-state index contributed by atoms with van der Waals surface area (Å²) in [6.07, 6.45) is 3.69. The second-order valence-electron chi connectivity index (χ2n) is 6.32. The van der Waals surface area contributed by atoms with Gasteiger partial charge in [-0.3, -0.25) is 4.55 Å². The van der Waals surface area contributed by atoms with Gasteiger partial charge in [0.25, 0.3) is 0 Å². The van der Waals surface area contributed by atoms with Gasteiger partial charge in [-0.2, -0.15) is 0 Å². The number of pyridine rings is 1. The standard InChI is InChI=1S/C20H23N2O3.H2O4S/c1-3-22(4-2)17-6-5-16-13-18(20(24)25-19(16)14-17)15-7-9-21(10-8-15)11-12-23;1-5(2,3)4/h5-10,13-14,23H,3-4,11-12H2,1-2H3;(H2,1,2,3,4)/q+1;/p-1. The van der Waals surface area contributed by atoms with Crippen molar-refractivity contribution in [3.63, 3.8) is 0 Å². The van der Waals surface area contributed by atoms with Gasteiger partial charge in [0.15, 0.2) is 18.9 Å². The summed E-state index contributed by atoms with van der Waals surface area (Å²) >= 11 is 0. The van der Waals surface area contributed by atoms with Crippen molar-refractivity contribution >= 4 is 27.1 Å². The average molecular weight is 436 g/mol. The first kappa shape index (κ1) is 23.5. The van der Waals surface area contributed by atoms with Crippen molar-refractivity contribution in [1.29, 1.82) is 0 Å². The van der Waals surface area contributed by atoms with E-state index < -0.39 is 10.4 Å². The third kappa shape index (κ3) is 6.63. The minimum atomic E-state index is -4.92. The number of aromatic nitrogens is 1. The van der Waals surface area contributed by atoms with Gasteiger partial charge < -0.3 is 19.0 Å². The smallest absolute Gasteiger partial charge is 0.344 e. The van der Waals surface area contributed by atoms with E-state index in [-0.39, 0.29) is 12.2 Å². The Kier molecular flexibility index (Phi) is 8.07. The van der Waals surface area contributed by atoms with Gasteiger partial charge in [0.05, 0.1) is 5.56 Å². The molecule has 0 bridgehead atoms. The maximum Gasteiger partial charge on any atom is 0.344 e. The number of nitrogens with zero attached hydrogens (tertiary/aromatic N) is 2. The molecule has 10 heteroatoms. The highest BCUT2D eigenvalue weighted by Gasteiger charge is 2.11. The third-order valence-electron chi connectivity index (χ3n) is 4.41. The fraction of sp³-hybridized carbons (Fsp3) is 0.300. The summed E-state index contributed by atoms with van der Waals surface area (Å²) in [5.41, 5.74) is 2.66. The molecule has 0 fully saturated rings. The molecule has 30 heavy (non-hydrogen) atoms. The van der Waals surface area contributed by atoms with E-state index in [0.717, 1.165) is 29.7 Å². The summed E-state index contributed by atoms with van der Waals surface area (Å²) in [5, 5.41) is 9.88. The van der Waals surface area contributed by atoms with E-state index in [1.807, 2.05) is 47.3 Å². The lowest BCUT2D eigenvalue weighted by Crippen LogP contribution is -2.34. The normalized spacial score (nSPS) is 11.1. The molecule has 162 valence electrons. The van der Waals surface area contributed by atoms with Crippen LogP contribution in [-0.4, -0.2) is 42.3 Å². The maximum atomic E-state index is 12.4. The first-order valence-electron chi connectivity index (χ1n) is 9.27. The Balaban J connectivity index is 0.000000575. The molecule has 1 aromatic carbocycles. The molecular formula is C20H24N2O7S. The molecule has 2 aromatic heterocycles. The van der Waals surface area contributed by atoms with E-state index in [1.54, 1.807) is 0 Å². The minimum absolute atomic E-state index is 0.0804. The Labute approximate surface area is 174 Å². The summed E-state index contributed by atoms with van der Waals surface area (Å²) < 4.78 is 40.3. The molecule has 2 heterocycles. The number of aliphatic hydroxyl groups excluding tert-OH is 1. The summed E-state index contributed by atoms with van der Waals surface area (Å²) in [5.74, 6) is 0. The Morgan fingerprint density at radius 1 is 1.10 bits per heavy atom. The zero-order chi connectivity index (χ0) is 22.3. The average Bonchev–Trinajstić information content (AvgIpc) is 2.68. The van der Waals surface area contributed by atoms with Crippen molar-refractivity contribution in [2.75, 3.05) is 24.6 Å². The maximum absolute atomic E-state index is 12.4. The number of rotatable bonds is 6. The van der Waals surface area contributed by atoms with E-state index in [9.17, 15) is 4.79 Å². The summed E-state index contributed by atoms with van der Waals surface area (Å²) in [6.45, 7) is 6.62. The van der Waals surface area contributed by atoms with Crippen LogP contribution >= 0.6 is 0 Å². The fourth-order valence-corrected chi connectivity index (χ4v) is 2.99. The van der Waals surface area contributed by atoms with E-state index in [1.165, 1.54) is 0 Å². The number of hydrogen-bond donors (Lipinski definition) is 2. The summed E-state index contributed by atoms with van der Waals surface area (Å²) in [7, 11) is -4.92. The fourth-order valence-electron chi connectivity index (χ4n) is 2.99. The van der Waals surface area contributed by atoms with Crippen molar-refractivity contribution in [1.82, 2.24) is 0 Å². The molecule has 0 saturated heterocycles. The lowest BCUT2D eigenvalue weighted by molar-refractivity contribution is -0.698. The molecule has 0 spiro atoms.